The van der Waals surface area contributed by atoms with E-state index in [2.05, 4.69) is 17.0 Å². The predicted molar refractivity (Wildman–Crippen MR) is 91.0 cm³/mol. The van der Waals surface area contributed by atoms with Gasteiger partial charge in [-0.15, -0.1) is 0 Å². The molecule has 0 saturated carbocycles. The van der Waals surface area contributed by atoms with E-state index in [4.69, 9.17) is 15.7 Å². The summed E-state index contributed by atoms with van der Waals surface area (Å²) in [6.07, 6.45) is 0.170. The quantitative estimate of drug-likeness (QED) is 0.598. The molecule has 2 aromatic carbocycles. The molecule has 0 bridgehead atoms. The van der Waals surface area contributed by atoms with Crippen molar-refractivity contribution >= 4 is 5.91 Å². The molecule has 0 aliphatic rings. The van der Waals surface area contributed by atoms with Crippen molar-refractivity contribution in [3.05, 3.63) is 70.8 Å². The molecular weight excluding hydrogens is 316 g/mol. The van der Waals surface area contributed by atoms with Crippen LogP contribution in [0.25, 0.3) is 0 Å². The number of hydroxylamine groups is 1. The number of carbonyl (C=O) groups is 1. The lowest BCUT2D eigenvalue weighted by atomic mass is 10.1. The van der Waals surface area contributed by atoms with Gasteiger partial charge in [0.25, 0.3) is 0 Å². The summed E-state index contributed by atoms with van der Waals surface area (Å²) in [7, 11) is 0. The summed E-state index contributed by atoms with van der Waals surface area (Å²) in [4.78, 5) is 13.4. The molecule has 0 fully saturated rings. The molecule has 0 heterocycles. The van der Waals surface area contributed by atoms with E-state index in [0.29, 0.717) is 30.8 Å². The first-order valence-corrected chi connectivity index (χ1v) is 7.78. The fraction of sp³-hybridized carbons (Fsp3) is 0.211. The zero-order chi connectivity index (χ0) is 18.1. The number of amides is 1. The number of nitrogens with zero attached hydrogens (tertiary/aromatic N) is 3. The number of hydrogen-bond donors (Lipinski definition) is 2. The van der Waals surface area contributed by atoms with Gasteiger partial charge in [0.05, 0.1) is 23.3 Å². The van der Waals surface area contributed by atoms with Crippen LogP contribution in [0, 0.1) is 22.7 Å². The van der Waals surface area contributed by atoms with Gasteiger partial charge in [0.2, 0.25) is 5.91 Å². The Morgan fingerprint density at radius 2 is 1.36 bits per heavy atom. The maximum absolute atomic E-state index is 11.3. The molecule has 1 amide bonds. The van der Waals surface area contributed by atoms with Crippen molar-refractivity contribution in [2.24, 2.45) is 0 Å². The van der Waals surface area contributed by atoms with Crippen LogP contribution in [-0.4, -0.2) is 22.6 Å². The smallest absolute Gasteiger partial charge is 0.244 e. The molecule has 0 saturated heterocycles. The van der Waals surface area contributed by atoms with E-state index in [1.54, 1.807) is 29.7 Å². The maximum Gasteiger partial charge on any atom is 0.244 e. The molecule has 2 N–H and O–H groups in total. The van der Waals surface area contributed by atoms with Crippen LogP contribution in [0.4, 0.5) is 0 Å². The van der Waals surface area contributed by atoms with Crippen molar-refractivity contribution in [3.63, 3.8) is 0 Å². The summed E-state index contributed by atoms with van der Waals surface area (Å²) in [5, 5.41) is 26.4. The minimum atomic E-state index is -0.440. The lowest BCUT2D eigenvalue weighted by molar-refractivity contribution is -0.129. The van der Waals surface area contributed by atoms with Crippen molar-refractivity contribution in [1.29, 1.82) is 10.5 Å². The normalized spacial score (nSPS) is 10.1. The second kappa shape index (κ2) is 9.19. The van der Waals surface area contributed by atoms with Gasteiger partial charge in [-0.3, -0.25) is 14.9 Å². The van der Waals surface area contributed by atoms with Crippen LogP contribution in [0.1, 0.15) is 28.7 Å². The number of nitriles is 2. The molecule has 6 nitrogen and oxygen atoms in total. The summed E-state index contributed by atoms with van der Waals surface area (Å²) in [6.45, 7) is 1.67. The minimum Gasteiger partial charge on any atom is -0.294 e. The lowest BCUT2D eigenvalue weighted by Crippen LogP contribution is -2.29. The summed E-state index contributed by atoms with van der Waals surface area (Å²) >= 11 is 0. The number of rotatable bonds is 7. The Bertz CT molecular complexity index is 727. The average Bonchev–Trinajstić information content (AvgIpc) is 2.67. The average molecular weight is 334 g/mol. The summed E-state index contributed by atoms with van der Waals surface area (Å²) < 4.78 is 0. The van der Waals surface area contributed by atoms with Gasteiger partial charge < -0.3 is 0 Å². The Hall–Kier alpha value is -3.19. The highest BCUT2D eigenvalue weighted by atomic mass is 16.5. The van der Waals surface area contributed by atoms with Gasteiger partial charge in [-0.2, -0.15) is 10.5 Å². The number of hydrogen-bond acceptors (Lipinski definition) is 5. The third-order valence-corrected chi connectivity index (χ3v) is 3.76. The fourth-order valence-electron chi connectivity index (χ4n) is 2.42. The summed E-state index contributed by atoms with van der Waals surface area (Å²) in [5.41, 5.74) is 4.89. The van der Waals surface area contributed by atoms with Crippen LogP contribution in [-0.2, 0) is 17.9 Å². The summed E-state index contributed by atoms with van der Waals surface area (Å²) in [6, 6.07) is 18.8. The first-order valence-electron chi connectivity index (χ1n) is 7.78. The third-order valence-electron chi connectivity index (χ3n) is 3.76. The van der Waals surface area contributed by atoms with E-state index >= 15 is 0 Å². The molecule has 0 radical (unpaired) electrons. The second-order valence-electron chi connectivity index (χ2n) is 5.61. The zero-order valence-electron chi connectivity index (χ0n) is 13.6. The van der Waals surface area contributed by atoms with E-state index in [-0.39, 0.29) is 6.42 Å². The van der Waals surface area contributed by atoms with Gasteiger partial charge in [0.15, 0.2) is 0 Å². The number of carbonyl (C=O) groups excluding carboxylic acids is 1. The Balaban J connectivity index is 2.09. The Morgan fingerprint density at radius 1 is 0.920 bits per heavy atom. The third kappa shape index (κ3) is 5.74. The molecular formula is C19H18N4O2. The molecule has 0 aliphatic heterocycles. The van der Waals surface area contributed by atoms with Crippen molar-refractivity contribution in [2.75, 3.05) is 6.54 Å². The van der Waals surface area contributed by atoms with E-state index in [0.717, 1.165) is 11.1 Å². The summed E-state index contributed by atoms with van der Waals surface area (Å²) in [5.74, 6) is -0.440. The van der Waals surface area contributed by atoms with Crippen LogP contribution in [0.3, 0.4) is 0 Å². The Labute approximate surface area is 146 Å². The molecule has 6 heteroatoms. The molecule has 126 valence electrons. The maximum atomic E-state index is 11.3. The lowest BCUT2D eigenvalue weighted by Gasteiger charge is -2.22. The van der Waals surface area contributed by atoms with E-state index in [1.807, 2.05) is 24.3 Å². The highest BCUT2D eigenvalue weighted by molar-refractivity contribution is 5.74. The molecule has 25 heavy (non-hydrogen) atoms. The van der Waals surface area contributed by atoms with Crippen molar-refractivity contribution < 1.29 is 10.0 Å². The van der Waals surface area contributed by atoms with E-state index in [9.17, 15) is 4.79 Å². The SMILES string of the molecule is N#Cc1ccc(CN(CCC(=O)NO)Cc2ccc(C#N)cc2)cc1. The molecule has 0 aromatic heterocycles. The predicted octanol–water partition coefficient (Wildman–Crippen LogP) is 2.33. The van der Waals surface area contributed by atoms with Crippen LogP contribution in [0.2, 0.25) is 0 Å². The van der Waals surface area contributed by atoms with E-state index < -0.39 is 5.91 Å². The first-order chi connectivity index (χ1) is 12.1. The number of benzene rings is 2. The largest absolute Gasteiger partial charge is 0.294 e. The molecule has 0 unspecified atom stereocenters. The minimum absolute atomic E-state index is 0.170. The molecule has 0 spiro atoms. The molecule has 2 rings (SSSR count). The first kappa shape index (κ1) is 18.2. The van der Waals surface area contributed by atoms with Crippen molar-refractivity contribution in [2.45, 2.75) is 19.5 Å². The molecule has 0 atom stereocenters. The Kier molecular flexibility index (Phi) is 6.67. The monoisotopic (exact) mass is 334 g/mol. The second-order valence-corrected chi connectivity index (χ2v) is 5.61. The van der Waals surface area contributed by atoms with Crippen LogP contribution in [0.5, 0.6) is 0 Å². The Morgan fingerprint density at radius 3 is 1.72 bits per heavy atom. The topological polar surface area (TPSA) is 100 Å². The molecule has 0 aliphatic carbocycles. The standard InChI is InChI=1S/C19H18N4O2/c20-11-15-1-5-17(6-2-15)13-23(10-9-19(24)22-25)14-18-7-3-16(12-21)4-8-18/h1-8,25H,9-10,13-14H2,(H,22,24). The van der Waals surface area contributed by atoms with Gasteiger partial charge >= 0.3 is 0 Å². The van der Waals surface area contributed by atoms with Crippen molar-refractivity contribution in [3.8, 4) is 12.1 Å². The van der Waals surface area contributed by atoms with Crippen LogP contribution < -0.4 is 5.48 Å². The highest BCUT2D eigenvalue weighted by Crippen LogP contribution is 2.12. The fourth-order valence-corrected chi connectivity index (χ4v) is 2.42. The van der Waals surface area contributed by atoms with Gasteiger partial charge in [0, 0.05) is 26.1 Å². The van der Waals surface area contributed by atoms with Gasteiger partial charge in [0.1, 0.15) is 0 Å². The molecule has 2 aromatic rings. The van der Waals surface area contributed by atoms with Gasteiger partial charge in [-0.05, 0) is 35.4 Å². The zero-order valence-corrected chi connectivity index (χ0v) is 13.6. The van der Waals surface area contributed by atoms with Gasteiger partial charge in [-0.25, -0.2) is 5.48 Å². The van der Waals surface area contributed by atoms with Crippen LogP contribution in [0.15, 0.2) is 48.5 Å². The van der Waals surface area contributed by atoms with Crippen molar-refractivity contribution in [1.82, 2.24) is 10.4 Å². The van der Waals surface area contributed by atoms with Gasteiger partial charge in [-0.1, -0.05) is 24.3 Å². The highest BCUT2D eigenvalue weighted by Gasteiger charge is 2.10. The van der Waals surface area contributed by atoms with E-state index in [1.165, 1.54) is 0 Å². The van der Waals surface area contributed by atoms with Crippen LogP contribution >= 0.6 is 0 Å². The number of nitrogens with one attached hydrogen (secondary N) is 1.